The fourth-order valence-electron chi connectivity index (χ4n) is 1.27. The van der Waals surface area contributed by atoms with Crippen molar-refractivity contribution in [3.05, 3.63) is 0 Å². The molecule has 0 aromatic carbocycles. The van der Waals surface area contributed by atoms with Gasteiger partial charge in [0.2, 0.25) is 0 Å². The van der Waals surface area contributed by atoms with Crippen LogP contribution in [0.1, 0.15) is 27.2 Å². The highest BCUT2D eigenvalue weighted by Crippen LogP contribution is 2.26. The van der Waals surface area contributed by atoms with E-state index in [0.29, 0.717) is 0 Å². The summed E-state index contributed by atoms with van der Waals surface area (Å²) in [5, 5.41) is 9.41. The first-order valence-corrected chi connectivity index (χ1v) is 6.45. The van der Waals surface area contributed by atoms with E-state index in [4.69, 9.17) is 10.5 Å². The lowest BCUT2D eigenvalue weighted by molar-refractivity contribution is 0.199. The maximum absolute atomic E-state index is 9.28. The Labute approximate surface area is 97.8 Å². The number of thioether (sulfide) groups is 1. The van der Waals surface area contributed by atoms with Crippen molar-refractivity contribution < 1.29 is 9.84 Å². The standard InChI is InChI=1S/C11H25NO2S/c1-11(2,3)10(12)9(8-13)15-7-5-6-14-4/h9-10,13H,5-8,12H2,1-4H3. The molecule has 0 amide bonds. The number of hydrogen-bond donors (Lipinski definition) is 2. The second kappa shape index (κ2) is 7.49. The largest absolute Gasteiger partial charge is 0.395 e. The lowest BCUT2D eigenvalue weighted by Crippen LogP contribution is -2.45. The Hall–Kier alpha value is 0.230. The topological polar surface area (TPSA) is 55.5 Å². The molecule has 2 atom stereocenters. The fourth-order valence-corrected chi connectivity index (χ4v) is 2.57. The molecule has 92 valence electrons. The summed E-state index contributed by atoms with van der Waals surface area (Å²) in [4.78, 5) is 0. The number of aliphatic hydroxyl groups excluding tert-OH is 1. The number of nitrogens with two attached hydrogens (primary N) is 1. The summed E-state index contributed by atoms with van der Waals surface area (Å²) in [6.45, 7) is 7.24. The van der Waals surface area contributed by atoms with E-state index in [1.54, 1.807) is 18.9 Å². The van der Waals surface area contributed by atoms with Gasteiger partial charge in [-0.15, -0.1) is 0 Å². The van der Waals surface area contributed by atoms with Crippen LogP contribution in [0.4, 0.5) is 0 Å². The summed E-state index contributed by atoms with van der Waals surface area (Å²) in [7, 11) is 1.70. The van der Waals surface area contributed by atoms with E-state index in [9.17, 15) is 5.11 Å². The van der Waals surface area contributed by atoms with E-state index in [0.717, 1.165) is 18.8 Å². The highest BCUT2D eigenvalue weighted by atomic mass is 32.2. The van der Waals surface area contributed by atoms with Gasteiger partial charge in [0, 0.05) is 25.0 Å². The van der Waals surface area contributed by atoms with Gasteiger partial charge in [-0.1, -0.05) is 20.8 Å². The highest BCUT2D eigenvalue weighted by molar-refractivity contribution is 7.99. The predicted molar refractivity (Wildman–Crippen MR) is 67.3 cm³/mol. The molecule has 0 radical (unpaired) electrons. The molecule has 0 aromatic heterocycles. The number of aliphatic hydroxyl groups is 1. The molecule has 0 saturated heterocycles. The molecule has 3 N–H and O–H groups in total. The van der Waals surface area contributed by atoms with Gasteiger partial charge in [-0.2, -0.15) is 11.8 Å². The molecule has 2 unspecified atom stereocenters. The van der Waals surface area contributed by atoms with Gasteiger partial charge < -0.3 is 15.6 Å². The molecule has 0 heterocycles. The summed E-state index contributed by atoms with van der Waals surface area (Å²) in [5.74, 6) is 0.989. The maximum atomic E-state index is 9.28. The van der Waals surface area contributed by atoms with Crippen LogP contribution < -0.4 is 5.73 Å². The molecule has 4 heteroatoms. The monoisotopic (exact) mass is 235 g/mol. The van der Waals surface area contributed by atoms with E-state index in [1.165, 1.54) is 0 Å². The Balaban J connectivity index is 3.91. The molecule has 0 spiro atoms. The number of rotatable bonds is 7. The molecule has 0 aliphatic heterocycles. The summed E-state index contributed by atoms with van der Waals surface area (Å²) >= 11 is 1.74. The molecule has 0 bridgehead atoms. The van der Waals surface area contributed by atoms with Crippen molar-refractivity contribution in [2.75, 3.05) is 26.1 Å². The van der Waals surface area contributed by atoms with Crippen molar-refractivity contribution in [1.29, 1.82) is 0 Å². The summed E-state index contributed by atoms with van der Waals surface area (Å²) in [6.07, 6.45) is 1.01. The molecule has 0 rings (SSSR count). The zero-order valence-electron chi connectivity index (χ0n) is 10.3. The smallest absolute Gasteiger partial charge is 0.0565 e. The molecule has 0 aliphatic rings. The van der Waals surface area contributed by atoms with Crippen LogP contribution in [0.25, 0.3) is 0 Å². The average molecular weight is 235 g/mol. The first-order valence-electron chi connectivity index (χ1n) is 5.40. The van der Waals surface area contributed by atoms with Gasteiger partial charge in [0.15, 0.2) is 0 Å². The van der Waals surface area contributed by atoms with Crippen LogP contribution in [0.3, 0.4) is 0 Å². The second-order valence-corrected chi connectivity index (χ2v) is 6.18. The van der Waals surface area contributed by atoms with Crippen molar-refractivity contribution in [2.45, 2.75) is 38.5 Å². The van der Waals surface area contributed by atoms with Crippen LogP contribution in [0.2, 0.25) is 0 Å². The fraction of sp³-hybridized carbons (Fsp3) is 1.00. The zero-order chi connectivity index (χ0) is 11.9. The van der Waals surface area contributed by atoms with Crippen molar-refractivity contribution in [1.82, 2.24) is 0 Å². The molecule has 0 aromatic rings. The van der Waals surface area contributed by atoms with Crippen molar-refractivity contribution in [3.63, 3.8) is 0 Å². The van der Waals surface area contributed by atoms with E-state index in [2.05, 4.69) is 20.8 Å². The van der Waals surface area contributed by atoms with Gasteiger partial charge in [0.1, 0.15) is 0 Å². The van der Waals surface area contributed by atoms with E-state index < -0.39 is 0 Å². The van der Waals surface area contributed by atoms with Crippen LogP contribution in [-0.4, -0.2) is 42.5 Å². The number of methoxy groups -OCH3 is 1. The minimum Gasteiger partial charge on any atom is -0.395 e. The number of hydrogen-bond acceptors (Lipinski definition) is 4. The Morgan fingerprint density at radius 2 is 2.00 bits per heavy atom. The van der Waals surface area contributed by atoms with Crippen molar-refractivity contribution >= 4 is 11.8 Å². The van der Waals surface area contributed by atoms with Gasteiger partial charge >= 0.3 is 0 Å². The highest BCUT2D eigenvalue weighted by Gasteiger charge is 2.28. The van der Waals surface area contributed by atoms with Gasteiger partial charge in [-0.05, 0) is 17.6 Å². The third-order valence-corrected chi connectivity index (χ3v) is 3.80. The molecule has 0 saturated carbocycles. The predicted octanol–water partition coefficient (Wildman–Crippen LogP) is 1.49. The quantitative estimate of drug-likeness (QED) is 0.657. The average Bonchev–Trinajstić information content (AvgIpc) is 2.16. The number of ether oxygens (including phenoxy) is 1. The molecular formula is C11H25NO2S. The van der Waals surface area contributed by atoms with Crippen LogP contribution in [0.5, 0.6) is 0 Å². The van der Waals surface area contributed by atoms with Crippen molar-refractivity contribution in [2.24, 2.45) is 11.1 Å². The van der Waals surface area contributed by atoms with Gasteiger partial charge in [-0.25, -0.2) is 0 Å². The normalized spacial score (nSPS) is 16.4. The van der Waals surface area contributed by atoms with Crippen LogP contribution in [-0.2, 0) is 4.74 Å². The third kappa shape index (κ3) is 6.40. The Kier molecular flexibility index (Phi) is 7.61. The Morgan fingerprint density at radius 1 is 1.40 bits per heavy atom. The van der Waals surface area contributed by atoms with Crippen LogP contribution >= 0.6 is 11.8 Å². The first-order chi connectivity index (χ1) is 6.93. The van der Waals surface area contributed by atoms with E-state index in [1.807, 2.05) is 0 Å². The molecule has 3 nitrogen and oxygen atoms in total. The molecule has 0 fully saturated rings. The second-order valence-electron chi connectivity index (χ2n) is 4.83. The molecule has 0 aliphatic carbocycles. The maximum Gasteiger partial charge on any atom is 0.0565 e. The van der Waals surface area contributed by atoms with Gasteiger partial charge in [0.05, 0.1) is 6.61 Å². The Morgan fingerprint density at radius 3 is 2.40 bits per heavy atom. The summed E-state index contributed by atoms with van der Waals surface area (Å²) in [5.41, 5.74) is 6.15. The molecular weight excluding hydrogens is 210 g/mol. The lowest BCUT2D eigenvalue weighted by Gasteiger charge is -2.32. The molecule has 15 heavy (non-hydrogen) atoms. The lowest BCUT2D eigenvalue weighted by atomic mass is 9.85. The Bertz CT molecular complexity index is 159. The minimum atomic E-state index is 0.0232. The van der Waals surface area contributed by atoms with E-state index >= 15 is 0 Å². The van der Waals surface area contributed by atoms with Crippen LogP contribution in [0.15, 0.2) is 0 Å². The summed E-state index contributed by atoms with van der Waals surface area (Å²) in [6, 6.07) is 0.0232. The van der Waals surface area contributed by atoms with Crippen molar-refractivity contribution in [3.8, 4) is 0 Å². The van der Waals surface area contributed by atoms with Gasteiger partial charge in [-0.3, -0.25) is 0 Å². The van der Waals surface area contributed by atoms with Gasteiger partial charge in [0.25, 0.3) is 0 Å². The van der Waals surface area contributed by atoms with E-state index in [-0.39, 0.29) is 23.3 Å². The summed E-state index contributed by atoms with van der Waals surface area (Å²) < 4.78 is 4.98. The minimum absolute atomic E-state index is 0.0232. The SMILES string of the molecule is COCCCSC(CO)C(N)C(C)(C)C. The third-order valence-electron chi connectivity index (χ3n) is 2.41. The van der Waals surface area contributed by atoms with Crippen LogP contribution in [0, 0.1) is 5.41 Å². The zero-order valence-corrected chi connectivity index (χ0v) is 11.1. The first kappa shape index (κ1) is 15.2.